The standard InChI is InChI=1S/C14H21ClN2O2/c1-9(2)7-14(3,8-16)17-13(19)11-5-4-10(15)6-12(11)18/h4-6,9,18H,7-8,16H2,1-3H3,(H,17,19). The Labute approximate surface area is 118 Å². The van der Waals surface area contributed by atoms with E-state index in [1.165, 1.54) is 12.1 Å². The SMILES string of the molecule is CC(C)CC(C)(CN)NC(=O)c1ccc(Cl)cc1O. The maximum atomic E-state index is 12.2. The monoisotopic (exact) mass is 284 g/mol. The van der Waals surface area contributed by atoms with E-state index in [2.05, 4.69) is 19.2 Å². The van der Waals surface area contributed by atoms with E-state index in [-0.39, 0.29) is 17.2 Å². The molecule has 0 radical (unpaired) electrons. The van der Waals surface area contributed by atoms with Gasteiger partial charge in [-0.1, -0.05) is 25.4 Å². The van der Waals surface area contributed by atoms with Crippen LogP contribution in [-0.4, -0.2) is 23.1 Å². The molecule has 0 fully saturated rings. The Balaban J connectivity index is 2.88. The number of halogens is 1. The van der Waals surface area contributed by atoms with Crippen molar-refractivity contribution >= 4 is 17.5 Å². The zero-order valence-electron chi connectivity index (χ0n) is 11.5. The van der Waals surface area contributed by atoms with Gasteiger partial charge in [-0.3, -0.25) is 4.79 Å². The summed E-state index contributed by atoms with van der Waals surface area (Å²) >= 11 is 5.74. The third kappa shape index (κ3) is 4.40. The summed E-state index contributed by atoms with van der Waals surface area (Å²) in [7, 11) is 0. The van der Waals surface area contributed by atoms with Gasteiger partial charge in [0.1, 0.15) is 5.75 Å². The first-order chi connectivity index (χ1) is 8.77. The van der Waals surface area contributed by atoms with Gasteiger partial charge in [-0.05, 0) is 37.5 Å². The van der Waals surface area contributed by atoms with Crippen molar-refractivity contribution in [2.75, 3.05) is 6.54 Å². The van der Waals surface area contributed by atoms with Crippen molar-refractivity contribution in [3.05, 3.63) is 28.8 Å². The third-order valence-electron chi connectivity index (χ3n) is 2.93. The third-order valence-corrected chi connectivity index (χ3v) is 3.16. The van der Waals surface area contributed by atoms with Crippen molar-refractivity contribution in [3.63, 3.8) is 0 Å². The molecule has 0 saturated carbocycles. The summed E-state index contributed by atoms with van der Waals surface area (Å²) in [6, 6.07) is 4.41. The number of carbonyl (C=O) groups is 1. The highest BCUT2D eigenvalue weighted by molar-refractivity contribution is 6.30. The molecule has 1 rings (SSSR count). The van der Waals surface area contributed by atoms with E-state index < -0.39 is 5.54 Å². The number of nitrogens with one attached hydrogen (secondary N) is 1. The molecule has 0 saturated heterocycles. The molecule has 1 amide bonds. The smallest absolute Gasteiger partial charge is 0.255 e. The summed E-state index contributed by atoms with van der Waals surface area (Å²) in [6.45, 7) is 6.38. The molecule has 4 N–H and O–H groups in total. The van der Waals surface area contributed by atoms with Crippen molar-refractivity contribution in [1.82, 2.24) is 5.32 Å². The lowest BCUT2D eigenvalue weighted by molar-refractivity contribution is 0.0895. The largest absolute Gasteiger partial charge is 0.507 e. The number of amides is 1. The normalized spacial score (nSPS) is 14.2. The number of aromatic hydroxyl groups is 1. The van der Waals surface area contributed by atoms with Crippen LogP contribution in [0.4, 0.5) is 0 Å². The minimum absolute atomic E-state index is 0.131. The highest BCUT2D eigenvalue weighted by Gasteiger charge is 2.27. The second-order valence-electron chi connectivity index (χ2n) is 5.48. The topological polar surface area (TPSA) is 75.3 Å². The van der Waals surface area contributed by atoms with Crippen LogP contribution in [0.15, 0.2) is 18.2 Å². The maximum Gasteiger partial charge on any atom is 0.255 e. The van der Waals surface area contributed by atoms with Crippen LogP contribution in [0.1, 0.15) is 37.6 Å². The fourth-order valence-electron chi connectivity index (χ4n) is 2.12. The van der Waals surface area contributed by atoms with Crippen LogP contribution < -0.4 is 11.1 Å². The number of phenolic OH excluding ortho intramolecular Hbond substituents is 1. The van der Waals surface area contributed by atoms with Crippen LogP contribution >= 0.6 is 11.6 Å². The minimum atomic E-state index is -0.489. The summed E-state index contributed by atoms with van der Waals surface area (Å²) in [5, 5.41) is 13.0. The van der Waals surface area contributed by atoms with Crippen LogP contribution in [-0.2, 0) is 0 Å². The zero-order valence-corrected chi connectivity index (χ0v) is 12.3. The molecule has 0 aliphatic carbocycles. The Hall–Kier alpha value is -1.26. The average Bonchev–Trinajstić information content (AvgIpc) is 2.27. The van der Waals surface area contributed by atoms with Gasteiger partial charge < -0.3 is 16.2 Å². The van der Waals surface area contributed by atoms with Crippen molar-refractivity contribution in [2.45, 2.75) is 32.7 Å². The lowest BCUT2D eigenvalue weighted by Gasteiger charge is -2.31. The molecule has 106 valence electrons. The first-order valence-electron chi connectivity index (χ1n) is 6.28. The fourth-order valence-corrected chi connectivity index (χ4v) is 2.29. The number of nitrogens with two attached hydrogens (primary N) is 1. The number of benzene rings is 1. The summed E-state index contributed by atoms with van der Waals surface area (Å²) < 4.78 is 0. The van der Waals surface area contributed by atoms with E-state index in [1.54, 1.807) is 6.07 Å². The molecule has 5 heteroatoms. The van der Waals surface area contributed by atoms with Gasteiger partial charge in [0.05, 0.1) is 5.56 Å². The average molecular weight is 285 g/mol. The molecular weight excluding hydrogens is 264 g/mol. The molecule has 1 aromatic rings. The van der Waals surface area contributed by atoms with Gasteiger partial charge in [-0.15, -0.1) is 0 Å². The summed E-state index contributed by atoms with van der Waals surface area (Å²) in [4.78, 5) is 12.2. The highest BCUT2D eigenvalue weighted by Crippen LogP contribution is 2.23. The molecular formula is C14H21ClN2O2. The summed E-state index contributed by atoms with van der Waals surface area (Å²) in [5.74, 6) is -0.0654. The molecule has 0 aliphatic heterocycles. The van der Waals surface area contributed by atoms with Crippen LogP contribution in [0.3, 0.4) is 0 Å². The number of carbonyl (C=O) groups excluding carboxylic acids is 1. The Bertz CT molecular complexity index is 463. The zero-order chi connectivity index (χ0) is 14.6. The number of rotatable bonds is 5. The summed E-state index contributed by atoms with van der Waals surface area (Å²) in [6.07, 6.45) is 0.767. The van der Waals surface area contributed by atoms with E-state index in [0.717, 1.165) is 6.42 Å². The Kier molecular flexibility index (Phi) is 5.20. The molecule has 4 nitrogen and oxygen atoms in total. The number of hydrogen-bond donors (Lipinski definition) is 3. The van der Waals surface area contributed by atoms with E-state index in [4.69, 9.17) is 17.3 Å². The van der Waals surface area contributed by atoms with E-state index >= 15 is 0 Å². The Morgan fingerprint density at radius 2 is 2.16 bits per heavy atom. The molecule has 0 bridgehead atoms. The van der Waals surface area contributed by atoms with Crippen LogP contribution in [0.5, 0.6) is 5.75 Å². The van der Waals surface area contributed by atoms with E-state index in [0.29, 0.717) is 17.5 Å². The first-order valence-corrected chi connectivity index (χ1v) is 6.66. The molecule has 1 aromatic carbocycles. The minimum Gasteiger partial charge on any atom is -0.507 e. The lowest BCUT2D eigenvalue weighted by atomic mass is 9.90. The second-order valence-corrected chi connectivity index (χ2v) is 5.91. The highest BCUT2D eigenvalue weighted by atomic mass is 35.5. The molecule has 0 aromatic heterocycles. The van der Waals surface area contributed by atoms with Gasteiger partial charge in [-0.2, -0.15) is 0 Å². The Morgan fingerprint density at radius 1 is 1.53 bits per heavy atom. The molecule has 1 atom stereocenters. The fraction of sp³-hybridized carbons (Fsp3) is 0.500. The molecule has 19 heavy (non-hydrogen) atoms. The quantitative estimate of drug-likeness (QED) is 0.778. The second kappa shape index (κ2) is 6.26. The Morgan fingerprint density at radius 3 is 2.63 bits per heavy atom. The lowest BCUT2D eigenvalue weighted by Crippen LogP contribution is -2.52. The van der Waals surface area contributed by atoms with Gasteiger partial charge in [0.15, 0.2) is 0 Å². The number of hydrogen-bond acceptors (Lipinski definition) is 3. The van der Waals surface area contributed by atoms with E-state index in [9.17, 15) is 9.90 Å². The van der Waals surface area contributed by atoms with Crippen molar-refractivity contribution in [2.24, 2.45) is 11.7 Å². The predicted octanol–water partition coefficient (Wildman–Crippen LogP) is 2.54. The summed E-state index contributed by atoms with van der Waals surface area (Å²) in [5.41, 5.74) is 5.46. The van der Waals surface area contributed by atoms with Gasteiger partial charge in [0, 0.05) is 17.1 Å². The number of phenols is 1. The van der Waals surface area contributed by atoms with Gasteiger partial charge in [-0.25, -0.2) is 0 Å². The molecule has 0 spiro atoms. The van der Waals surface area contributed by atoms with Gasteiger partial charge in [0.25, 0.3) is 5.91 Å². The van der Waals surface area contributed by atoms with Crippen LogP contribution in [0, 0.1) is 5.92 Å². The molecule has 1 unspecified atom stereocenters. The van der Waals surface area contributed by atoms with Crippen LogP contribution in [0.25, 0.3) is 0 Å². The van der Waals surface area contributed by atoms with Gasteiger partial charge in [0.2, 0.25) is 0 Å². The molecule has 0 aliphatic rings. The maximum absolute atomic E-state index is 12.2. The predicted molar refractivity (Wildman–Crippen MR) is 77.5 cm³/mol. The van der Waals surface area contributed by atoms with Crippen LogP contribution in [0.2, 0.25) is 5.02 Å². The van der Waals surface area contributed by atoms with E-state index in [1.807, 2.05) is 6.92 Å². The first kappa shape index (κ1) is 15.8. The van der Waals surface area contributed by atoms with Gasteiger partial charge >= 0.3 is 0 Å². The van der Waals surface area contributed by atoms with Crippen molar-refractivity contribution < 1.29 is 9.90 Å². The van der Waals surface area contributed by atoms with Crippen molar-refractivity contribution in [3.8, 4) is 5.75 Å². The van der Waals surface area contributed by atoms with Crippen molar-refractivity contribution in [1.29, 1.82) is 0 Å². The molecule has 0 heterocycles.